The number of benzene rings is 2. The molecule has 0 atom stereocenters. The Bertz CT molecular complexity index is 1170. The van der Waals surface area contributed by atoms with Crippen molar-refractivity contribution in [3.63, 3.8) is 0 Å². The zero-order valence-corrected chi connectivity index (χ0v) is 17.4. The number of carbonyl (C=O) groups is 2. The van der Waals surface area contributed by atoms with Gasteiger partial charge in [0, 0.05) is 30.8 Å². The SMILES string of the molecule is Cc1cccc(C(=O)NCc2ccc(S(C)(=O)=O)cc2)c1NC(=O)c1ccncc1. The van der Waals surface area contributed by atoms with Gasteiger partial charge < -0.3 is 10.6 Å². The van der Waals surface area contributed by atoms with Crippen LogP contribution in [0.25, 0.3) is 0 Å². The Morgan fingerprint density at radius 3 is 2.23 bits per heavy atom. The zero-order valence-electron chi connectivity index (χ0n) is 16.5. The lowest BCUT2D eigenvalue weighted by atomic mass is 10.1. The van der Waals surface area contributed by atoms with Crippen LogP contribution in [0.15, 0.2) is 71.9 Å². The van der Waals surface area contributed by atoms with Crippen molar-refractivity contribution >= 4 is 27.3 Å². The minimum atomic E-state index is -3.27. The Morgan fingerprint density at radius 2 is 1.60 bits per heavy atom. The highest BCUT2D eigenvalue weighted by atomic mass is 32.2. The molecule has 0 saturated heterocycles. The average Bonchev–Trinajstić information content (AvgIpc) is 2.73. The second-order valence-electron chi connectivity index (χ2n) is 6.79. The van der Waals surface area contributed by atoms with Crippen LogP contribution in [0.5, 0.6) is 0 Å². The van der Waals surface area contributed by atoms with Crippen LogP contribution in [0, 0.1) is 6.92 Å². The minimum Gasteiger partial charge on any atom is -0.348 e. The maximum atomic E-state index is 12.8. The van der Waals surface area contributed by atoms with E-state index in [1.54, 1.807) is 36.4 Å². The van der Waals surface area contributed by atoms with Crippen LogP contribution in [-0.2, 0) is 16.4 Å². The number of carbonyl (C=O) groups excluding carboxylic acids is 2. The summed E-state index contributed by atoms with van der Waals surface area (Å²) < 4.78 is 23.1. The smallest absolute Gasteiger partial charge is 0.255 e. The highest BCUT2D eigenvalue weighted by Crippen LogP contribution is 2.22. The van der Waals surface area contributed by atoms with E-state index in [1.165, 1.54) is 24.5 Å². The molecule has 7 nitrogen and oxygen atoms in total. The fraction of sp³-hybridized carbons (Fsp3) is 0.136. The third-order valence-electron chi connectivity index (χ3n) is 4.50. The molecule has 0 bridgehead atoms. The molecule has 0 aliphatic rings. The van der Waals surface area contributed by atoms with E-state index in [0.29, 0.717) is 16.8 Å². The summed E-state index contributed by atoms with van der Waals surface area (Å²) in [6, 6.07) is 14.7. The van der Waals surface area contributed by atoms with Crippen molar-refractivity contribution in [3.8, 4) is 0 Å². The third kappa shape index (κ3) is 5.09. The fourth-order valence-corrected chi connectivity index (χ4v) is 3.47. The Hall–Kier alpha value is -3.52. The fourth-order valence-electron chi connectivity index (χ4n) is 2.84. The number of nitrogens with one attached hydrogen (secondary N) is 2. The van der Waals surface area contributed by atoms with Gasteiger partial charge in [0.25, 0.3) is 11.8 Å². The molecule has 0 aliphatic heterocycles. The van der Waals surface area contributed by atoms with Gasteiger partial charge in [0.05, 0.1) is 16.1 Å². The lowest BCUT2D eigenvalue weighted by Gasteiger charge is -2.14. The maximum Gasteiger partial charge on any atom is 0.255 e. The average molecular weight is 423 g/mol. The highest BCUT2D eigenvalue weighted by molar-refractivity contribution is 7.90. The molecule has 0 aliphatic carbocycles. The van der Waals surface area contributed by atoms with Gasteiger partial charge in [0.15, 0.2) is 9.84 Å². The number of pyridine rings is 1. The Labute approximate surface area is 175 Å². The van der Waals surface area contributed by atoms with E-state index in [2.05, 4.69) is 15.6 Å². The summed E-state index contributed by atoms with van der Waals surface area (Å²) in [5, 5.41) is 5.61. The van der Waals surface area contributed by atoms with Crippen LogP contribution in [0.1, 0.15) is 31.8 Å². The van der Waals surface area contributed by atoms with Gasteiger partial charge in [-0.15, -0.1) is 0 Å². The van der Waals surface area contributed by atoms with Crippen LogP contribution in [0.3, 0.4) is 0 Å². The lowest BCUT2D eigenvalue weighted by Crippen LogP contribution is -2.25. The monoisotopic (exact) mass is 423 g/mol. The molecule has 154 valence electrons. The second kappa shape index (κ2) is 8.87. The molecule has 30 heavy (non-hydrogen) atoms. The van der Waals surface area contributed by atoms with Gasteiger partial charge in [-0.1, -0.05) is 24.3 Å². The number of rotatable bonds is 6. The van der Waals surface area contributed by atoms with Gasteiger partial charge in [-0.25, -0.2) is 8.42 Å². The summed E-state index contributed by atoms with van der Waals surface area (Å²) in [5.74, 6) is -0.687. The largest absolute Gasteiger partial charge is 0.348 e. The van der Waals surface area contributed by atoms with E-state index in [4.69, 9.17) is 0 Å². The minimum absolute atomic E-state index is 0.217. The van der Waals surface area contributed by atoms with Crippen molar-refractivity contribution in [2.75, 3.05) is 11.6 Å². The van der Waals surface area contributed by atoms with E-state index in [0.717, 1.165) is 17.4 Å². The van der Waals surface area contributed by atoms with Crippen LogP contribution in [0.2, 0.25) is 0 Å². The molecular formula is C22H21N3O4S. The van der Waals surface area contributed by atoms with Gasteiger partial charge in [-0.2, -0.15) is 0 Å². The van der Waals surface area contributed by atoms with Crippen molar-refractivity contribution in [1.29, 1.82) is 0 Å². The number of sulfone groups is 1. The summed E-state index contributed by atoms with van der Waals surface area (Å²) in [6.07, 6.45) is 4.19. The van der Waals surface area contributed by atoms with Crippen molar-refractivity contribution < 1.29 is 18.0 Å². The van der Waals surface area contributed by atoms with Crippen molar-refractivity contribution in [2.45, 2.75) is 18.4 Å². The Balaban J connectivity index is 1.75. The number of nitrogens with zero attached hydrogens (tertiary/aromatic N) is 1. The van der Waals surface area contributed by atoms with Gasteiger partial charge in [-0.3, -0.25) is 14.6 Å². The summed E-state index contributed by atoms with van der Waals surface area (Å²) >= 11 is 0. The molecule has 3 aromatic rings. The molecule has 0 fully saturated rings. The van der Waals surface area contributed by atoms with Crippen LogP contribution in [-0.4, -0.2) is 31.5 Å². The number of hydrogen-bond donors (Lipinski definition) is 2. The number of para-hydroxylation sites is 1. The van der Waals surface area contributed by atoms with E-state index < -0.39 is 9.84 Å². The first kappa shape index (κ1) is 21.2. The van der Waals surface area contributed by atoms with E-state index in [1.807, 2.05) is 13.0 Å². The number of aromatic nitrogens is 1. The Kier molecular flexibility index (Phi) is 6.27. The third-order valence-corrected chi connectivity index (χ3v) is 5.63. The predicted octanol–water partition coefficient (Wildman–Crippen LogP) is 2.98. The summed E-state index contributed by atoms with van der Waals surface area (Å²) in [7, 11) is -3.27. The van der Waals surface area contributed by atoms with Crippen molar-refractivity contribution in [2.24, 2.45) is 0 Å². The molecule has 0 radical (unpaired) electrons. The Morgan fingerprint density at radius 1 is 0.933 bits per heavy atom. The second-order valence-corrected chi connectivity index (χ2v) is 8.80. The molecule has 2 N–H and O–H groups in total. The number of hydrogen-bond acceptors (Lipinski definition) is 5. The van der Waals surface area contributed by atoms with E-state index in [-0.39, 0.29) is 23.3 Å². The van der Waals surface area contributed by atoms with Crippen LogP contribution >= 0.6 is 0 Å². The molecule has 1 heterocycles. The van der Waals surface area contributed by atoms with Crippen molar-refractivity contribution in [1.82, 2.24) is 10.3 Å². The molecule has 0 unspecified atom stereocenters. The van der Waals surface area contributed by atoms with Gasteiger partial charge >= 0.3 is 0 Å². The topological polar surface area (TPSA) is 105 Å². The summed E-state index contributed by atoms with van der Waals surface area (Å²) in [4.78, 5) is 29.4. The first-order chi connectivity index (χ1) is 14.3. The first-order valence-corrected chi connectivity index (χ1v) is 11.0. The van der Waals surface area contributed by atoms with Crippen LogP contribution in [0.4, 0.5) is 5.69 Å². The zero-order chi connectivity index (χ0) is 21.7. The molecule has 0 saturated carbocycles. The first-order valence-electron chi connectivity index (χ1n) is 9.14. The molecule has 0 spiro atoms. The van der Waals surface area contributed by atoms with Gasteiger partial charge in [0.2, 0.25) is 0 Å². The van der Waals surface area contributed by atoms with Gasteiger partial charge in [-0.05, 0) is 48.4 Å². The number of amides is 2. The van der Waals surface area contributed by atoms with Gasteiger partial charge in [0.1, 0.15) is 0 Å². The lowest BCUT2D eigenvalue weighted by molar-refractivity contribution is 0.0951. The highest BCUT2D eigenvalue weighted by Gasteiger charge is 2.16. The number of anilines is 1. The van der Waals surface area contributed by atoms with Crippen LogP contribution < -0.4 is 10.6 Å². The normalized spacial score (nSPS) is 11.0. The molecule has 8 heteroatoms. The summed E-state index contributed by atoms with van der Waals surface area (Å²) in [6.45, 7) is 2.03. The van der Waals surface area contributed by atoms with Crippen molar-refractivity contribution in [3.05, 3.63) is 89.2 Å². The number of aryl methyl sites for hydroxylation is 1. The molecular weight excluding hydrogens is 402 g/mol. The summed E-state index contributed by atoms with van der Waals surface area (Å²) in [5.41, 5.74) is 2.72. The molecule has 2 aromatic carbocycles. The van der Waals surface area contributed by atoms with E-state index >= 15 is 0 Å². The molecule has 1 aromatic heterocycles. The molecule has 2 amide bonds. The van der Waals surface area contributed by atoms with E-state index in [9.17, 15) is 18.0 Å². The maximum absolute atomic E-state index is 12.8. The predicted molar refractivity (Wildman–Crippen MR) is 114 cm³/mol. The standard InChI is InChI=1S/C22H21N3O4S/c1-15-4-3-5-19(20(15)25-21(26)17-10-12-23-13-11-17)22(27)24-14-16-6-8-18(9-7-16)30(2,28)29/h3-13H,14H2,1-2H3,(H,24,27)(H,25,26). The quantitative estimate of drug-likeness (QED) is 0.634. The molecule has 3 rings (SSSR count).